The minimum atomic E-state index is -4.35. The van der Waals surface area contributed by atoms with Crippen LogP contribution in [0.5, 0.6) is 0 Å². The van der Waals surface area contributed by atoms with Gasteiger partial charge in [-0.25, -0.2) is 22.0 Å². The Labute approximate surface area is 293 Å². The van der Waals surface area contributed by atoms with Gasteiger partial charge in [0, 0.05) is 53.9 Å². The second-order valence-corrected chi connectivity index (χ2v) is 15.8. The molecule has 1 aliphatic rings. The Hall–Kier alpha value is -3.55. The van der Waals surface area contributed by atoms with Crippen LogP contribution in [0.2, 0.25) is 0 Å². The first-order valence-electron chi connectivity index (χ1n) is 16.1. The van der Waals surface area contributed by atoms with E-state index in [2.05, 4.69) is 0 Å². The molecular formula is C33H40F5N2O9S2+. The van der Waals surface area contributed by atoms with E-state index in [1.165, 1.54) is 42.2 Å². The number of allylic oxidation sites excluding steroid dienone is 3. The summed E-state index contributed by atoms with van der Waals surface area (Å²) >= 11 is 0. The number of carbonyl (C=O) groups is 1. The van der Waals surface area contributed by atoms with Crippen LogP contribution in [-0.4, -0.2) is 55.8 Å². The van der Waals surface area contributed by atoms with Crippen molar-refractivity contribution in [2.75, 3.05) is 23.0 Å². The third-order valence-electron chi connectivity index (χ3n) is 8.76. The number of hydrogen-bond acceptors (Lipinski definition) is 8. The predicted molar refractivity (Wildman–Crippen MR) is 180 cm³/mol. The highest BCUT2D eigenvalue weighted by atomic mass is 32.3. The van der Waals surface area contributed by atoms with E-state index in [9.17, 15) is 44.6 Å². The molecule has 1 unspecified atom stereocenters. The van der Waals surface area contributed by atoms with E-state index >= 15 is 8.78 Å². The number of carboxylic acids is 1. The molecule has 18 heteroatoms. The van der Waals surface area contributed by atoms with Crippen molar-refractivity contribution in [2.45, 2.75) is 76.7 Å². The van der Waals surface area contributed by atoms with Crippen molar-refractivity contribution in [3.05, 3.63) is 76.6 Å². The van der Waals surface area contributed by atoms with Crippen LogP contribution in [-0.2, 0) is 26.9 Å². The quantitative estimate of drug-likeness (QED) is 0.0215. The van der Waals surface area contributed by atoms with Crippen LogP contribution in [0.25, 0.3) is 17.2 Å². The highest BCUT2D eigenvalue weighted by Crippen LogP contribution is 2.54. The monoisotopic (exact) mass is 767 g/mol. The zero-order chi connectivity index (χ0) is 37.7. The van der Waals surface area contributed by atoms with Gasteiger partial charge in [0.05, 0.1) is 28.4 Å². The first kappa shape index (κ1) is 40.2. The fourth-order valence-corrected chi connectivity index (χ4v) is 7.55. The van der Waals surface area contributed by atoms with Crippen LogP contribution in [0.4, 0.5) is 27.6 Å². The molecule has 1 aromatic heterocycles. The summed E-state index contributed by atoms with van der Waals surface area (Å²) in [6.07, 6.45) is 5.52. The van der Waals surface area contributed by atoms with E-state index in [1.54, 1.807) is 4.57 Å². The second-order valence-electron chi connectivity index (χ2n) is 12.6. The van der Waals surface area contributed by atoms with Gasteiger partial charge in [-0.15, -0.1) is 0 Å². The van der Waals surface area contributed by atoms with E-state index in [0.717, 1.165) is 6.07 Å². The third-order valence-corrected chi connectivity index (χ3v) is 10.4. The molecule has 1 atom stereocenters. The lowest BCUT2D eigenvalue weighted by Gasteiger charge is -2.30. The molecule has 11 nitrogen and oxygen atoms in total. The number of aryl methyl sites for hydroxylation is 1. The Morgan fingerprint density at radius 3 is 2.25 bits per heavy atom. The molecule has 0 fully saturated rings. The summed E-state index contributed by atoms with van der Waals surface area (Å²) in [7, 11) is -8.05. The summed E-state index contributed by atoms with van der Waals surface area (Å²) in [5.41, 5.74) is -1.76. The first-order valence-corrected chi connectivity index (χ1v) is 19.4. The number of unbranched alkanes of at least 4 members (excludes halogenated alkanes) is 4. The number of aromatic nitrogens is 1. The lowest BCUT2D eigenvalue weighted by molar-refractivity contribution is -0.678. The zero-order valence-corrected chi connectivity index (χ0v) is 29.3. The number of fused-ring (bicyclic) bond motifs is 2. The van der Waals surface area contributed by atoms with E-state index < -0.39 is 78.5 Å². The molecule has 3 aromatic rings. The van der Waals surface area contributed by atoms with Gasteiger partial charge in [-0.05, 0) is 51.2 Å². The molecule has 51 heavy (non-hydrogen) atoms. The summed E-state index contributed by atoms with van der Waals surface area (Å²) in [4.78, 5) is 12.3. The van der Waals surface area contributed by atoms with Crippen LogP contribution < -0.4 is 9.47 Å². The van der Waals surface area contributed by atoms with Crippen molar-refractivity contribution in [1.29, 1.82) is 0 Å². The van der Waals surface area contributed by atoms with E-state index in [4.69, 9.17) is 9.52 Å². The van der Waals surface area contributed by atoms with Crippen molar-refractivity contribution in [3.63, 3.8) is 0 Å². The zero-order valence-electron chi connectivity index (χ0n) is 27.6. The summed E-state index contributed by atoms with van der Waals surface area (Å²) in [5.74, 6) is -9.61. The van der Waals surface area contributed by atoms with Gasteiger partial charge in [0.1, 0.15) is 5.82 Å². The molecule has 4 rings (SSSR count). The lowest BCUT2D eigenvalue weighted by Crippen LogP contribution is -2.35. The average Bonchev–Trinajstić information content (AvgIpc) is 3.49. The van der Waals surface area contributed by atoms with Crippen LogP contribution in [0, 0.1) is 29.1 Å². The van der Waals surface area contributed by atoms with Gasteiger partial charge in [0.15, 0.2) is 29.8 Å². The number of halogens is 5. The molecule has 0 spiro atoms. The maximum Gasteiger partial charge on any atom is 0.374 e. The molecule has 5 N–H and O–H groups in total. The highest BCUT2D eigenvalue weighted by molar-refractivity contribution is 8.19. The number of hydrogen-bond donors (Lipinski definition) is 5. The highest BCUT2D eigenvalue weighted by Gasteiger charge is 2.49. The molecule has 0 bridgehead atoms. The smallest absolute Gasteiger partial charge is 0.374 e. The topological polar surface area (TPSA) is 173 Å². The first-order chi connectivity index (χ1) is 23.8. The molecule has 0 amide bonds. The number of benzene rings is 2. The van der Waals surface area contributed by atoms with Gasteiger partial charge < -0.3 is 28.1 Å². The molecule has 0 aliphatic carbocycles. The number of aliphatic carboxylic acids is 1. The molecule has 0 radical (unpaired) electrons. The van der Waals surface area contributed by atoms with Gasteiger partial charge in [-0.2, -0.15) is 13.0 Å². The summed E-state index contributed by atoms with van der Waals surface area (Å²) in [6.45, 7) is 1.65. The maximum absolute atomic E-state index is 15.7. The lowest BCUT2D eigenvalue weighted by atomic mass is 9.76. The molecule has 0 saturated carbocycles. The van der Waals surface area contributed by atoms with E-state index in [-0.39, 0.29) is 81.0 Å². The molecule has 282 valence electrons. The third kappa shape index (κ3) is 9.87. The summed E-state index contributed by atoms with van der Waals surface area (Å²) < 4.78 is 142. The maximum atomic E-state index is 15.7. The molecule has 1 aliphatic heterocycles. The van der Waals surface area contributed by atoms with Gasteiger partial charge >= 0.3 is 11.9 Å². The fourth-order valence-electron chi connectivity index (χ4n) is 6.39. The van der Waals surface area contributed by atoms with E-state index in [1.807, 2.05) is 0 Å². The molecule has 0 saturated heterocycles. The summed E-state index contributed by atoms with van der Waals surface area (Å²) in [5, 5.41) is 9.00. The van der Waals surface area contributed by atoms with Crippen molar-refractivity contribution < 1.29 is 67.5 Å². The van der Waals surface area contributed by atoms with Gasteiger partial charge in [-0.1, -0.05) is 18.9 Å². The van der Waals surface area contributed by atoms with Crippen molar-refractivity contribution in [1.82, 2.24) is 0 Å². The molecule has 2 heterocycles. The minimum absolute atomic E-state index is 0.0386. The normalized spacial score (nSPS) is 17.7. The Kier molecular flexibility index (Phi) is 12.9. The van der Waals surface area contributed by atoms with Gasteiger partial charge in [0.2, 0.25) is 5.58 Å². The van der Waals surface area contributed by atoms with Gasteiger partial charge in [0.25, 0.3) is 15.6 Å². The van der Waals surface area contributed by atoms with Crippen LogP contribution in [0.3, 0.4) is 0 Å². The number of rotatable bonds is 18. The van der Waals surface area contributed by atoms with E-state index in [0.29, 0.717) is 18.4 Å². The van der Waals surface area contributed by atoms with Crippen molar-refractivity contribution in [2.24, 2.45) is 0 Å². The number of anilines is 1. The molecular weight excluding hydrogens is 727 g/mol. The Morgan fingerprint density at radius 1 is 0.902 bits per heavy atom. The predicted octanol–water partition coefficient (Wildman–Crippen LogP) is 7.80. The molecule has 2 aromatic carbocycles. The Morgan fingerprint density at radius 2 is 1.59 bits per heavy atom. The largest absolute Gasteiger partial charge is 0.481 e. The number of oxazole rings is 1. The summed E-state index contributed by atoms with van der Waals surface area (Å²) in [6, 6.07) is 3.85. The van der Waals surface area contributed by atoms with Crippen LogP contribution in [0.15, 0.2) is 40.5 Å². The Balaban J connectivity index is 1.79. The van der Waals surface area contributed by atoms with Crippen LogP contribution >= 0.6 is 10.9 Å². The fraction of sp³-hybridized carbons (Fsp3) is 0.455. The van der Waals surface area contributed by atoms with Crippen molar-refractivity contribution in [3.8, 4) is 0 Å². The average molecular weight is 768 g/mol. The number of nitrogens with zero attached hydrogens (tertiary/aromatic N) is 2. The number of carboxylic acid groups (broad SMARTS) is 1. The minimum Gasteiger partial charge on any atom is -0.481 e. The standard InChI is InChI=1S/C33H39F5N2O9S2/c1-33(15-4-7-18-50(43,44)45)24(40(17-5-2-3-12-26(41)42)32-27(33)28(35)29(36)30(37)31(32)38)10-9-11-25-39(16-6-8-19-51(46,47)48)22-14-13-21(34)20-23(22)49-25/h9-11,13-14,20H,2-8,12,15-19H2,1H3,(H4-,41,42,43,44,45,46,47,48)/p+1. The van der Waals surface area contributed by atoms with Gasteiger partial charge in [-0.3, -0.25) is 9.35 Å². The Bertz CT molecular complexity index is 1930. The second kappa shape index (κ2) is 16.4. The van der Waals surface area contributed by atoms with Crippen LogP contribution in [0.1, 0.15) is 76.2 Å². The SMILES string of the molecule is CC1(CCCCS(=O)(=O)O)/C(=C\C=C\c2oc3cc(F)ccc3[n+]2CCCCS(O)(O)O)N(CCCCCC(=O)O)c2c(F)c(F)c(F)c(F)c21. The van der Waals surface area contributed by atoms with Crippen molar-refractivity contribution >= 4 is 49.8 Å².